The molecule has 0 N–H and O–H groups in total. The van der Waals surface area contributed by atoms with E-state index in [1.165, 1.54) is 30.2 Å². The number of methoxy groups -OCH3 is 1. The van der Waals surface area contributed by atoms with E-state index < -0.39 is 11.7 Å². The first-order valence-corrected chi connectivity index (χ1v) is 6.39. The van der Waals surface area contributed by atoms with E-state index in [1.54, 1.807) is 11.9 Å². The summed E-state index contributed by atoms with van der Waals surface area (Å²) in [5.41, 5.74) is -0.0387. The number of amides is 2. The van der Waals surface area contributed by atoms with Crippen LogP contribution in [0.5, 0.6) is 5.75 Å². The van der Waals surface area contributed by atoms with Crippen molar-refractivity contribution in [1.29, 1.82) is 0 Å². The number of hydrogen-bond acceptors (Lipinski definition) is 3. The summed E-state index contributed by atoms with van der Waals surface area (Å²) in [7, 11) is 3.13. The van der Waals surface area contributed by atoms with Crippen molar-refractivity contribution in [1.82, 2.24) is 9.80 Å². The lowest BCUT2D eigenvalue weighted by Gasteiger charge is -2.20. The first-order chi connectivity index (χ1) is 9.52. The minimum Gasteiger partial charge on any atom is -0.497 e. The van der Waals surface area contributed by atoms with Crippen LogP contribution < -0.4 is 4.74 Å². The Labute approximate surface area is 116 Å². The van der Waals surface area contributed by atoms with Gasteiger partial charge in [0.25, 0.3) is 5.91 Å². The van der Waals surface area contributed by atoms with Gasteiger partial charge in [-0.1, -0.05) is 0 Å². The zero-order chi connectivity index (χ0) is 14.7. The molecule has 2 amide bonds. The van der Waals surface area contributed by atoms with Gasteiger partial charge in [-0.05, 0) is 18.6 Å². The van der Waals surface area contributed by atoms with Crippen LogP contribution in [0.15, 0.2) is 18.2 Å². The molecule has 0 spiro atoms. The van der Waals surface area contributed by atoms with Crippen LogP contribution in [0.2, 0.25) is 0 Å². The molecule has 1 saturated heterocycles. The number of benzene rings is 1. The number of halogens is 1. The van der Waals surface area contributed by atoms with Gasteiger partial charge in [0, 0.05) is 26.2 Å². The van der Waals surface area contributed by atoms with Gasteiger partial charge >= 0.3 is 0 Å². The zero-order valence-corrected chi connectivity index (χ0v) is 11.6. The molecule has 1 heterocycles. The summed E-state index contributed by atoms with van der Waals surface area (Å²) in [6, 6.07) is 4.08. The number of nitrogens with zero attached hydrogens (tertiary/aromatic N) is 2. The molecule has 1 fully saturated rings. The molecule has 1 aromatic carbocycles. The fourth-order valence-corrected chi connectivity index (χ4v) is 2.13. The van der Waals surface area contributed by atoms with Gasteiger partial charge in [0.2, 0.25) is 5.91 Å². The minimum absolute atomic E-state index is 0.0131. The second-order valence-corrected chi connectivity index (χ2v) is 4.74. The van der Waals surface area contributed by atoms with E-state index in [-0.39, 0.29) is 18.0 Å². The molecule has 5 nitrogen and oxygen atoms in total. The van der Waals surface area contributed by atoms with Crippen LogP contribution >= 0.6 is 0 Å². The molecule has 6 heteroatoms. The molecule has 0 atom stereocenters. The van der Waals surface area contributed by atoms with Crippen molar-refractivity contribution < 1.29 is 18.7 Å². The molecule has 1 aliphatic heterocycles. The Morgan fingerprint density at radius 1 is 1.35 bits per heavy atom. The van der Waals surface area contributed by atoms with E-state index in [1.807, 2.05) is 0 Å². The summed E-state index contributed by atoms with van der Waals surface area (Å²) in [5, 5.41) is 0. The maximum Gasteiger partial charge on any atom is 0.257 e. The molecule has 0 aliphatic carbocycles. The minimum atomic E-state index is -0.639. The lowest BCUT2D eigenvalue weighted by Crippen LogP contribution is -2.38. The largest absolute Gasteiger partial charge is 0.497 e. The lowest BCUT2D eigenvalue weighted by molar-refractivity contribution is -0.129. The molecule has 0 radical (unpaired) electrons. The molecule has 1 aromatic rings. The van der Waals surface area contributed by atoms with Crippen LogP contribution in [0.4, 0.5) is 4.39 Å². The summed E-state index contributed by atoms with van der Waals surface area (Å²) in [5.74, 6) is -0.885. The Morgan fingerprint density at radius 3 is 2.75 bits per heavy atom. The molecule has 0 saturated carbocycles. The fourth-order valence-electron chi connectivity index (χ4n) is 2.13. The molecule has 108 valence electrons. The van der Waals surface area contributed by atoms with Crippen LogP contribution in [-0.4, -0.2) is 55.4 Å². The van der Waals surface area contributed by atoms with Crippen LogP contribution in [-0.2, 0) is 4.79 Å². The average molecular weight is 280 g/mol. The van der Waals surface area contributed by atoms with E-state index in [9.17, 15) is 14.0 Å². The topological polar surface area (TPSA) is 49.9 Å². The Morgan fingerprint density at radius 2 is 2.10 bits per heavy atom. The first kappa shape index (κ1) is 14.3. The van der Waals surface area contributed by atoms with Crippen molar-refractivity contribution in [3.05, 3.63) is 29.6 Å². The quantitative estimate of drug-likeness (QED) is 0.816. The zero-order valence-electron chi connectivity index (χ0n) is 11.6. The SMILES string of the molecule is COc1ccc(C(=O)N2CCCN(C)C(=O)C2)c(F)c1. The van der Waals surface area contributed by atoms with Crippen molar-refractivity contribution >= 4 is 11.8 Å². The predicted octanol–water partition coefficient (Wildman–Crippen LogP) is 1.14. The van der Waals surface area contributed by atoms with E-state index in [4.69, 9.17) is 4.74 Å². The number of likely N-dealkylation sites (N-methyl/N-ethyl adjacent to an activating group) is 1. The number of carbonyl (C=O) groups is 2. The van der Waals surface area contributed by atoms with Crippen molar-refractivity contribution in [3.63, 3.8) is 0 Å². The predicted molar refractivity (Wildman–Crippen MR) is 71.1 cm³/mol. The van der Waals surface area contributed by atoms with Crippen molar-refractivity contribution in [2.45, 2.75) is 6.42 Å². The van der Waals surface area contributed by atoms with Gasteiger partial charge < -0.3 is 14.5 Å². The average Bonchev–Trinajstić information content (AvgIpc) is 2.60. The van der Waals surface area contributed by atoms with Gasteiger partial charge in [-0.15, -0.1) is 0 Å². The normalized spacial score (nSPS) is 16.1. The number of carbonyl (C=O) groups excluding carboxylic acids is 2. The third-order valence-electron chi connectivity index (χ3n) is 3.37. The second-order valence-electron chi connectivity index (χ2n) is 4.74. The van der Waals surface area contributed by atoms with Gasteiger partial charge in [-0.25, -0.2) is 4.39 Å². The molecule has 20 heavy (non-hydrogen) atoms. The van der Waals surface area contributed by atoms with E-state index in [2.05, 4.69) is 0 Å². The first-order valence-electron chi connectivity index (χ1n) is 6.39. The molecule has 0 unspecified atom stereocenters. The van der Waals surface area contributed by atoms with Crippen LogP contribution in [0, 0.1) is 5.82 Å². The Kier molecular flexibility index (Phi) is 4.22. The highest BCUT2D eigenvalue weighted by molar-refractivity contribution is 5.97. The molecule has 0 aromatic heterocycles. The second kappa shape index (κ2) is 5.90. The lowest BCUT2D eigenvalue weighted by atomic mass is 10.1. The Hall–Kier alpha value is -2.11. The van der Waals surface area contributed by atoms with Gasteiger partial charge in [-0.2, -0.15) is 0 Å². The number of ether oxygens (including phenoxy) is 1. The fraction of sp³-hybridized carbons (Fsp3) is 0.429. The summed E-state index contributed by atoms with van der Waals surface area (Å²) in [6.07, 6.45) is 0.686. The van der Waals surface area contributed by atoms with Crippen molar-refractivity contribution in [2.24, 2.45) is 0 Å². The monoisotopic (exact) mass is 280 g/mol. The third-order valence-corrected chi connectivity index (χ3v) is 3.37. The maximum atomic E-state index is 13.9. The van der Waals surface area contributed by atoms with E-state index in [0.717, 1.165) is 0 Å². The van der Waals surface area contributed by atoms with E-state index in [0.29, 0.717) is 25.3 Å². The van der Waals surface area contributed by atoms with Crippen molar-refractivity contribution in [3.8, 4) is 5.75 Å². The molecule has 2 rings (SSSR count). The molecular weight excluding hydrogens is 263 g/mol. The molecule has 1 aliphatic rings. The van der Waals surface area contributed by atoms with Gasteiger partial charge in [0.15, 0.2) is 0 Å². The highest BCUT2D eigenvalue weighted by Crippen LogP contribution is 2.18. The number of hydrogen-bond donors (Lipinski definition) is 0. The van der Waals surface area contributed by atoms with Crippen LogP contribution in [0.3, 0.4) is 0 Å². The summed E-state index contributed by atoms with van der Waals surface area (Å²) >= 11 is 0. The Balaban J connectivity index is 2.20. The standard InChI is InChI=1S/C14H17FN2O3/c1-16-6-3-7-17(9-13(16)18)14(19)11-5-4-10(20-2)8-12(11)15/h4-5,8H,3,6-7,9H2,1-2H3. The van der Waals surface area contributed by atoms with Gasteiger partial charge in [-0.3, -0.25) is 9.59 Å². The third kappa shape index (κ3) is 2.89. The smallest absolute Gasteiger partial charge is 0.257 e. The highest BCUT2D eigenvalue weighted by Gasteiger charge is 2.25. The van der Waals surface area contributed by atoms with E-state index >= 15 is 0 Å². The van der Waals surface area contributed by atoms with Gasteiger partial charge in [0.05, 0.1) is 12.7 Å². The van der Waals surface area contributed by atoms with Crippen LogP contribution in [0.25, 0.3) is 0 Å². The van der Waals surface area contributed by atoms with Crippen LogP contribution in [0.1, 0.15) is 16.8 Å². The Bertz CT molecular complexity index is 533. The molecular formula is C14H17FN2O3. The number of rotatable bonds is 2. The summed E-state index contributed by atoms with van der Waals surface area (Å²) in [4.78, 5) is 27.0. The summed E-state index contributed by atoms with van der Waals surface area (Å²) < 4.78 is 18.8. The highest BCUT2D eigenvalue weighted by atomic mass is 19.1. The van der Waals surface area contributed by atoms with Gasteiger partial charge in [0.1, 0.15) is 18.1 Å². The van der Waals surface area contributed by atoms with Crippen molar-refractivity contribution in [2.75, 3.05) is 33.8 Å². The summed E-state index contributed by atoms with van der Waals surface area (Å²) in [6.45, 7) is 1.04. The maximum absolute atomic E-state index is 13.9. The molecule has 0 bridgehead atoms.